The van der Waals surface area contributed by atoms with Gasteiger partial charge in [-0.2, -0.15) is 0 Å². The van der Waals surface area contributed by atoms with E-state index in [1.807, 2.05) is 0 Å². The largest absolute Gasteiger partial charge is 0.491 e. The fraction of sp³-hybridized carbons (Fsp3) is 0.300. The molecule has 2 N–H and O–H groups in total. The maximum Gasteiger partial charge on any atom is 0.339 e. The second-order valence-corrected chi connectivity index (χ2v) is 6.07. The molecule has 0 spiro atoms. The van der Waals surface area contributed by atoms with E-state index in [0.29, 0.717) is 17.9 Å². The lowest BCUT2D eigenvalue weighted by molar-refractivity contribution is -0.127. The van der Waals surface area contributed by atoms with Crippen molar-refractivity contribution in [2.24, 2.45) is 5.73 Å². The van der Waals surface area contributed by atoms with Crippen molar-refractivity contribution >= 4 is 11.9 Å². The molecule has 136 valence electrons. The summed E-state index contributed by atoms with van der Waals surface area (Å²) in [6, 6.07) is 15.3. The molecular weight excluding hydrogens is 334 g/mol. The van der Waals surface area contributed by atoms with E-state index in [-0.39, 0.29) is 11.7 Å². The number of rotatable bonds is 7. The number of primary amides is 1. The summed E-state index contributed by atoms with van der Waals surface area (Å²) < 4.78 is 16.5. The van der Waals surface area contributed by atoms with Gasteiger partial charge in [-0.15, -0.1) is 0 Å². The quantitative estimate of drug-likeness (QED) is 0.772. The van der Waals surface area contributed by atoms with Crippen LogP contribution in [0, 0.1) is 0 Å². The number of ether oxygens (including phenoxy) is 3. The topological polar surface area (TPSA) is 87.9 Å². The summed E-state index contributed by atoms with van der Waals surface area (Å²) in [5.41, 5.74) is 6.20. The van der Waals surface area contributed by atoms with Crippen molar-refractivity contribution < 1.29 is 23.8 Å². The standard InChI is InChI=1S/C20H21NO5/c21-19(22)18(14-6-2-1-3-7-14)26-20(23)15-8-4-9-16(12-15)25-13-17-10-5-11-24-17/h1-4,6-9,12,17-18H,5,10-11,13H2,(H2,21,22)/t17-,18-/m0/s1. The van der Waals surface area contributed by atoms with Crippen molar-refractivity contribution in [1.82, 2.24) is 0 Å². The van der Waals surface area contributed by atoms with Gasteiger partial charge in [0.2, 0.25) is 6.10 Å². The van der Waals surface area contributed by atoms with Gasteiger partial charge in [-0.3, -0.25) is 4.79 Å². The third kappa shape index (κ3) is 4.61. The Balaban J connectivity index is 1.66. The first-order chi connectivity index (χ1) is 12.6. The smallest absolute Gasteiger partial charge is 0.339 e. The highest BCUT2D eigenvalue weighted by molar-refractivity contribution is 5.92. The first-order valence-corrected chi connectivity index (χ1v) is 8.53. The van der Waals surface area contributed by atoms with E-state index in [1.54, 1.807) is 54.6 Å². The van der Waals surface area contributed by atoms with Crippen LogP contribution in [0.25, 0.3) is 0 Å². The molecule has 2 aromatic carbocycles. The van der Waals surface area contributed by atoms with E-state index >= 15 is 0 Å². The van der Waals surface area contributed by atoms with Crippen molar-refractivity contribution in [1.29, 1.82) is 0 Å². The fourth-order valence-electron chi connectivity index (χ4n) is 2.77. The Morgan fingerprint density at radius 2 is 1.96 bits per heavy atom. The minimum absolute atomic E-state index is 0.0860. The summed E-state index contributed by atoms with van der Waals surface area (Å²) in [5.74, 6) is -0.819. The molecule has 2 aromatic rings. The molecular formula is C20H21NO5. The molecule has 0 radical (unpaired) electrons. The van der Waals surface area contributed by atoms with Crippen molar-refractivity contribution in [3.8, 4) is 5.75 Å². The normalized spacial score (nSPS) is 17.5. The molecule has 0 unspecified atom stereocenters. The molecule has 6 heteroatoms. The molecule has 1 aliphatic heterocycles. The van der Waals surface area contributed by atoms with E-state index in [0.717, 1.165) is 19.4 Å². The van der Waals surface area contributed by atoms with Crippen LogP contribution >= 0.6 is 0 Å². The average Bonchev–Trinajstić information content (AvgIpc) is 3.18. The van der Waals surface area contributed by atoms with Gasteiger partial charge >= 0.3 is 5.97 Å². The number of carbonyl (C=O) groups is 2. The lowest BCUT2D eigenvalue weighted by atomic mass is 10.1. The Morgan fingerprint density at radius 1 is 1.15 bits per heavy atom. The average molecular weight is 355 g/mol. The first-order valence-electron chi connectivity index (χ1n) is 8.53. The molecule has 1 fully saturated rings. The number of amides is 1. The maximum atomic E-state index is 12.4. The molecule has 1 amide bonds. The van der Waals surface area contributed by atoms with E-state index in [4.69, 9.17) is 19.9 Å². The zero-order valence-electron chi connectivity index (χ0n) is 14.3. The van der Waals surface area contributed by atoms with Gasteiger partial charge in [0.1, 0.15) is 12.4 Å². The van der Waals surface area contributed by atoms with Gasteiger partial charge < -0.3 is 19.9 Å². The number of hydrogen-bond donors (Lipinski definition) is 1. The first kappa shape index (κ1) is 17.9. The highest BCUT2D eigenvalue weighted by Gasteiger charge is 2.23. The van der Waals surface area contributed by atoms with Crippen LogP contribution in [0.15, 0.2) is 54.6 Å². The number of benzene rings is 2. The molecule has 1 aliphatic rings. The van der Waals surface area contributed by atoms with Gasteiger partial charge in [-0.1, -0.05) is 36.4 Å². The maximum absolute atomic E-state index is 12.4. The Bertz CT molecular complexity index is 756. The number of nitrogens with two attached hydrogens (primary N) is 1. The summed E-state index contributed by atoms with van der Waals surface area (Å²) in [6.07, 6.45) is 0.955. The lowest BCUT2D eigenvalue weighted by Gasteiger charge is -2.16. The van der Waals surface area contributed by atoms with Crippen LogP contribution in [0.5, 0.6) is 5.75 Å². The third-order valence-electron chi connectivity index (χ3n) is 4.12. The monoisotopic (exact) mass is 355 g/mol. The number of hydrogen-bond acceptors (Lipinski definition) is 5. The van der Waals surface area contributed by atoms with Crippen LogP contribution in [0.4, 0.5) is 0 Å². The molecule has 0 saturated carbocycles. The van der Waals surface area contributed by atoms with E-state index < -0.39 is 18.0 Å². The fourth-order valence-corrected chi connectivity index (χ4v) is 2.77. The highest BCUT2D eigenvalue weighted by atomic mass is 16.5. The van der Waals surface area contributed by atoms with Gasteiger partial charge in [0.25, 0.3) is 5.91 Å². The highest BCUT2D eigenvalue weighted by Crippen LogP contribution is 2.21. The van der Waals surface area contributed by atoms with Crippen molar-refractivity contribution in [2.75, 3.05) is 13.2 Å². The molecule has 3 rings (SSSR count). The van der Waals surface area contributed by atoms with Crippen LogP contribution < -0.4 is 10.5 Å². The molecule has 0 aliphatic carbocycles. The van der Waals surface area contributed by atoms with Crippen LogP contribution in [-0.4, -0.2) is 31.2 Å². The molecule has 1 heterocycles. The van der Waals surface area contributed by atoms with Crippen LogP contribution in [0.3, 0.4) is 0 Å². The second kappa shape index (κ2) is 8.49. The van der Waals surface area contributed by atoms with Crippen molar-refractivity contribution in [2.45, 2.75) is 25.0 Å². The second-order valence-electron chi connectivity index (χ2n) is 6.07. The molecule has 1 saturated heterocycles. The van der Waals surface area contributed by atoms with Gasteiger partial charge in [0.05, 0.1) is 11.7 Å². The summed E-state index contributed by atoms with van der Waals surface area (Å²) in [4.78, 5) is 24.1. The molecule has 0 aromatic heterocycles. The summed E-state index contributed by atoms with van der Waals surface area (Å²) >= 11 is 0. The van der Waals surface area contributed by atoms with Crippen LogP contribution in [0.1, 0.15) is 34.9 Å². The molecule has 6 nitrogen and oxygen atoms in total. The number of carbonyl (C=O) groups excluding carboxylic acids is 2. The summed E-state index contributed by atoms with van der Waals surface area (Å²) in [5, 5.41) is 0. The minimum Gasteiger partial charge on any atom is -0.491 e. The predicted molar refractivity (Wildman–Crippen MR) is 94.7 cm³/mol. The third-order valence-corrected chi connectivity index (χ3v) is 4.12. The van der Waals surface area contributed by atoms with Crippen LogP contribution in [-0.2, 0) is 14.3 Å². The van der Waals surface area contributed by atoms with E-state index in [1.165, 1.54) is 0 Å². The zero-order chi connectivity index (χ0) is 18.4. The minimum atomic E-state index is -1.14. The van der Waals surface area contributed by atoms with Crippen LogP contribution in [0.2, 0.25) is 0 Å². The molecule has 26 heavy (non-hydrogen) atoms. The predicted octanol–water partition coefficient (Wildman–Crippen LogP) is 2.63. The van der Waals surface area contributed by atoms with E-state index in [2.05, 4.69) is 0 Å². The zero-order valence-corrected chi connectivity index (χ0v) is 14.3. The Hall–Kier alpha value is -2.86. The van der Waals surface area contributed by atoms with Gasteiger partial charge in [-0.25, -0.2) is 4.79 Å². The van der Waals surface area contributed by atoms with Gasteiger partial charge in [-0.05, 0) is 31.0 Å². The molecule has 0 bridgehead atoms. The SMILES string of the molecule is NC(=O)[C@@H](OC(=O)c1cccc(OC[C@@H]2CCCO2)c1)c1ccccc1. The van der Waals surface area contributed by atoms with Gasteiger partial charge in [0.15, 0.2) is 0 Å². The van der Waals surface area contributed by atoms with E-state index in [9.17, 15) is 9.59 Å². The van der Waals surface area contributed by atoms with Crippen molar-refractivity contribution in [3.63, 3.8) is 0 Å². The Labute approximate surface area is 151 Å². The molecule has 2 atom stereocenters. The Kier molecular flexibility index (Phi) is 5.86. The Morgan fingerprint density at radius 3 is 2.65 bits per heavy atom. The lowest BCUT2D eigenvalue weighted by Crippen LogP contribution is -2.26. The summed E-state index contributed by atoms with van der Waals surface area (Å²) in [6.45, 7) is 1.20. The van der Waals surface area contributed by atoms with Crippen molar-refractivity contribution in [3.05, 3.63) is 65.7 Å². The number of esters is 1. The van der Waals surface area contributed by atoms with Gasteiger partial charge in [0, 0.05) is 12.2 Å². The summed E-state index contributed by atoms with van der Waals surface area (Å²) in [7, 11) is 0.